The molecule has 0 saturated carbocycles. The lowest BCUT2D eigenvalue weighted by Crippen LogP contribution is -2.22. The molecule has 1 heterocycles. The molecule has 1 aromatic rings. The zero-order chi connectivity index (χ0) is 13.2. The van der Waals surface area contributed by atoms with Crippen molar-refractivity contribution in [2.75, 3.05) is 12.3 Å². The Morgan fingerprint density at radius 1 is 1.44 bits per heavy atom. The molecule has 1 aromatic heterocycles. The SMILES string of the molecule is C=CCNC(=O)c1nnc(SCCCCCC)s1. The third kappa shape index (κ3) is 5.64. The number of nitrogens with one attached hydrogen (secondary N) is 1. The number of carbonyl (C=O) groups excluding carboxylic acids is 1. The summed E-state index contributed by atoms with van der Waals surface area (Å²) in [6.45, 7) is 6.20. The van der Waals surface area contributed by atoms with Gasteiger partial charge < -0.3 is 5.32 Å². The summed E-state index contributed by atoms with van der Waals surface area (Å²) in [5.74, 6) is 0.869. The van der Waals surface area contributed by atoms with Crippen molar-refractivity contribution in [2.24, 2.45) is 0 Å². The van der Waals surface area contributed by atoms with Gasteiger partial charge in [0.2, 0.25) is 5.01 Å². The Balaban J connectivity index is 2.29. The van der Waals surface area contributed by atoms with E-state index in [9.17, 15) is 4.79 Å². The Morgan fingerprint density at radius 3 is 3.00 bits per heavy atom. The fourth-order valence-electron chi connectivity index (χ4n) is 1.29. The maximum absolute atomic E-state index is 11.6. The maximum Gasteiger partial charge on any atom is 0.282 e. The molecule has 1 N–H and O–H groups in total. The van der Waals surface area contributed by atoms with Crippen LogP contribution in [0.5, 0.6) is 0 Å². The van der Waals surface area contributed by atoms with Crippen molar-refractivity contribution in [2.45, 2.75) is 36.9 Å². The molecule has 0 unspecified atom stereocenters. The fraction of sp³-hybridized carbons (Fsp3) is 0.583. The average Bonchev–Trinajstić information content (AvgIpc) is 2.84. The van der Waals surface area contributed by atoms with Crippen molar-refractivity contribution < 1.29 is 4.79 Å². The summed E-state index contributed by atoms with van der Waals surface area (Å²) < 4.78 is 0.871. The highest BCUT2D eigenvalue weighted by molar-refractivity contribution is 8.01. The Kier molecular flexibility index (Phi) is 7.68. The smallest absolute Gasteiger partial charge is 0.282 e. The largest absolute Gasteiger partial charge is 0.346 e. The summed E-state index contributed by atoms with van der Waals surface area (Å²) in [5.41, 5.74) is 0. The Hall–Kier alpha value is -0.880. The lowest BCUT2D eigenvalue weighted by molar-refractivity contribution is 0.0957. The predicted molar refractivity (Wildman–Crippen MR) is 77.3 cm³/mol. The molecule has 0 aliphatic heterocycles. The van der Waals surface area contributed by atoms with E-state index in [4.69, 9.17) is 0 Å². The van der Waals surface area contributed by atoms with Crippen LogP contribution in [0.2, 0.25) is 0 Å². The van der Waals surface area contributed by atoms with Gasteiger partial charge in [-0.2, -0.15) is 0 Å². The molecular formula is C12H19N3OS2. The van der Waals surface area contributed by atoms with Gasteiger partial charge in [-0.05, 0) is 6.42 Å². The molecular weight excluding hydrogens is 266 g/mol. The maximum atomic E-state index is 11.6. The zero-order valence-electron chi connectivity index (χ0n) is 10.6. The fourth-order valence-corrected chi connectivity index (χ4v) is 3.13. The van der Waals surface area contributed by atoms with E-state index in [0.29, 0.717) is 11.6 Å². The third-order valence-electron chi connectivity index (χ3n) is 2.23. The van der Waals surface area contributed by atoms with Crippen LogP contribution in [0.4, 0.5) is 0 Å². The summed E-state index contributed by atoms with van der Waals surface area (Å²) in [7, 11) is 0. The molecule has 0 atom stereocenters. The number of thioether (sulfide) groups is 1. The molecule has 0 radical (unpaired) electrons. The highest BCUT2D eigenvalue weighted by atomic mass is 32.2. The van der Waals surface area contributed by atoms with Gasteiger partial charge in [-0.15, -0.1) is 16.8 Å². The van der Waals surface area contributed by atoms with Crippen LogP contribution in [-0.4, -0.2) is 28.4 Å². The monoisotopic (exact) mass is 285 g/mol. The van der Waals surface area contributed by atoms with Gasteiger partial charge in [-0.1, -0.05) is 55.4 Å². The molecule has 1 amide bonds. The van der Waals surface area contributed by atoms with Crippen molar-refractivity contribution in [1.82, 2.24) is 15.5 Å². The highest BCUT2D eigenvalue weighted by Crippen LogP contribution is 2.23. The van der Waals surface area contributed by atoms with Gasteiger partial charge in [0.15, 0.2) is 4.34 Å². The number of hydrogen-bond acceptors (Lipinski definition) is 5. The van der Waals surface area contributed by atoms with Crippen LogP contribution in [0.3, 0.4) is 0 Å². The van der Waals surface area contributed by atoms with Crippen LogP contribution in [0, 0.1) is 0 Å². The van der Waals surface area contributed by atoms with Crippen LogP contribution in [0.1, 0.15) is 42.4 Å². The summed E-state index contributed by atoms with van der Waals surface area (Å²) in [5, 5.41) is 11.0. The first-order valence-electron chi connectivity index (χ1n) is 6.13. The van der Waals surface area contributed by atoms with Crippen LogP contribution in [0.25, 0.3) is 0 Å². The van der Waals surface area contributed by atoms with Crippen LogP contribution < -0.4 is 5.32 Å². The minimum atomic E-state index is -0.176. The second kappa shape index (κ2) is 9.10. The second-order valence-electron chi connectivity index (χ2n) is 3.78. The van der Waals surface area contributed by atoms with Gasteiger partial charge >= 0.3 is 0 Å². The summed E-state index contributed by atoms with van der Waals surface area (Å²) in [6, 6.07) is 0. The number of aromatic nitrogens is 2. The molecule has 0 bridgehead atoms. The third-order valence-corrected chi connectivity index (χ3v) is 4.37. The molecule has 18 heavy (non-hydrogen) atoms. The Labute approximate surface area is 116 Å². The molecule has 1 rings (SSSR count). The summed E-state index contributed by atoms with van der Waals surface area (Å²) in [4.78, 5) is 11.6. The average molecular weight is 285 g/mol. The topological polar surface area (TPSA) is 54.9 Å². The van der Waals surface area contributed by atoms with Crippen molar-refractivity contribution >= 4 is 29.0 Å². The van der Waals surface area contributed by atoms with Crippen LogP contribution >= 0.6 is 23.1 Å². The molecule has 6 heteroatoms. The van der Waals surface area contributed by atoms with E-state index in [1.54, 1.807) is 17.8 Å². The van der Waals surface area contributed by atoms with E-state index < -0.39 is 0 Å². The summed E-state index contributed by atoms with van der Waals surface area (Å²) in [6.07, 6.45) is 6.62. The molecule has 0 aliphatic carbocycles. The van der Waals surface area contributed by atoms with Gasteiger partial charge in [0.1, 0.15) is 0 Å². The van der Waals surface area contributed by atoms with Crippen molar-refractivity contribution in [3.05, 3.63) is 17.7 Å². The zero-order valence-corrected chi connectivity index (χ0v) is 12.3. The van der Waals surface area contributed by atoms with E-state index in [1.807, 2.05) is 0 Å². The predicted octanol–water partition coefficient (Wildman–Crippen LogP) is 3.13. The van der Waals surface area contributed by atoms with E-state index in [2.05, 4.69) is 29.0 Å². The van der Waals surface area contributed by atoms with Gasteiger partial charge in [0.05, 0.1) is 0 Å². The van der Waals surface area contributed by atoms with Crippen LogP contribution in [-0.2, 0) is 0 Å². The minimum absolute atomic E-state index is 0.176. The first-order valence-corrected chi connectivity index (χ1v) is 7.93. The number of carbonyl (C=O) groups is 1. The van der Waals surface area contributed by atoms with E-state index in [1.165, 1.54) is 37.0 Å². The number of hydrogen-bond donors (Lipinski definition) is 1. The number of nitrogens with zero attached hydrogens (tertiary/aromatic N) is 2. The van der Waals surface area contributed by atoms with E-state index in [-0.39, 0.29) is 5.91 Å². The van der Waals surface area contributed by atoms with Gasteiger partial charge in [0, 0.05) is 12.3 Å². The number of amides is 1. The van der Waals surface area contributed by atoms with Crippen molar-refractivity contribution in [3.63, 3.8) is 0 Å². The minimum Gasteiger partial charge on any atom is -0.346 e. The van der Waals surface area contributed by atoms with Crippen molar-refractivity contribution in [1.29, 1.82) is 0 Å². The van der Waals surface area contributed by atoms with Gasteiger partial charge in [0.25, 0.3) is 5.91 Å². The Bertz CT molecular complexity index is 379. The van der Waals surface area contributed by atoms with Gasteiger partial charge in [-0.3, -0.25) is 4.79 Å². The lowest BCUT2D eigenvalue weighted by Gasteiger charge is -1.97. The quantitative estimate of drug-likeness (QED) is 0.430. The summed E-state index contributed by atoms with van der Waals surface area (Å²) >= 11 is 3.03. The molecule has 4 nitrogen and oxygen atoms in total. The van der Waals surface area contributed by atoms with E-state index >= 15 is 0 Å². The molecule has 0 aliphatic rings. The molecule has 0 saturated heterocycles. The lowest BCUT2D eigenvalue weighted by atomic mass is 10.2. The van der Waals surface area contributed by atoms with Crippen LogP contribution in [0.15, 0.2) is 17.0 Å². The molecule has 100 valence electrons. The molecule has 0 fully saturated rings. The number of unbranched alkanes of at least 4 members (excludes halogenated alkanes) is 3. The molecule has 0 aromatic carbocycles. The first-order chi connectivity index (χ1) is 8.77. The normalized spacial score (nSPS) is 10.3. The first kappa shape index (κ1) is 15.2. The van der Waals surface area contributed by atoms with E-state index in [0.717, 1.165) is 10.1 Å². The highest BCUT2D eigenvalue weighted by Gasteiger charge is 2.11. The number of rotatable bonds is 9. The standard InChI is InChI=1S/C12H19N3OS2/c1-3-5-6-7-9-17-12-15-14-11(18-12)10(16)13-8-4-2/h4H,2-3,5-9H2,1H3,(H,13,16). The van der Waals surface area contributed by atoms with Crippen molar-refractivity contribution in [3.8, 4) is 0 Å². The second-order valence-corrected chi connectivity index (χ2v) is 6.10. The Morgan fingerprint density at radius 2 is 2.28 bits per heavy atom. The molecule has 0 spiro atoms. The van der Waals surface area contributed by atoms with Gasteiger partial charge in [-0.25, -0.2) is 0 Å².